The Morgan fingerprint density at radius 3 is 2.40 bits per heavy atom. The topological polar surface area (TPSA) is 42.2 Å². The molecule has 0 saturated heterocycles. The van der Waals surface area contributed by atoms with Crippen molar-refractivity contribution >= 4 is 0 Å². The van der Waals surface area contributed by atoms with Gasteiger partial charge in [-0.25, -0.2) is 0 Å². The number of ether oxygens (including phenoxy) is 2. The molecule has 0 atom stereocenters. The van der Waals surface area contributed by atoms with Crippen molar-refractivity contribution in [3.8, 4) is 17.6 Å². The molecule has 2 rings (SSSR count). The van der Waals surface area contributed by atoms with Gasteiger partial charge in [0, 0.05) is 5.56 Å². The fourth-order valence-electron chi connectivity index (χ4n) is 2.73. The zero-order chi connectivity index (χ0) is 18.4. The average molecular weight is 349 g/mol. The second kappa shape index (κ2) is 7.93. The van der Waals surface area contributed by atoms with E-state index >= 15 is 0 Å². The number of halogens is 3. The van der Waals surface area contributed by atoms with Crippen molar-refractivity contribution in [1.82, 2.24) is 0 Å². The quantitative estimate of drug-likeness (QED) is 0.767. The lowest BCUT2D eigenvalue weighted by atomic mass is 9.96. The zero-order valence-electron chi connectivity index (χ0n) is 14.0. The summed E-state index contributed by atoms with van der Waals surface area (Å²) in [7, 11) is 3.01. The van der Waals surface area contributed by atoms with E-state index in [9.17, 15) is 13.2 Å². The monoisotopic (exact) mass is 349 g/mol. The van der Waals surface area contributed by atoms with Crippen molar-refractivity contribution in [2.75, 3.05) is 14.2 Å². The van der Waals surface area contributed by atoms with Crippen molar-refractivity contribution in [3.05, 3.63) is 58.7 Å². The van der Waals surface area contributed by atoms with E-state index < -0.39 is 11.7 Å². The number of hydrogen-bond donors (Lipinski definition) is 0. The molecule has 0 radical (unpaired) electrons. The van der Waals surface area contributed by atoms with Gasteiger partial charge in [-0.2, -0.15) is 18.4 Å². The lowest BCUT2D eigenvalue weighted by molar-refractivity contribution is -0.137. The number of nitriles is 1. The average Bonchev–Trinajstić information content (AvgIpc) is 2.59. The van der Waals surface area contributed by atoms with E-state index in [0.717, 1.165) is 23.3 Å². The Labute approximate surface area is 144 Å². The molecule has 0 aromatic heterocycles. The van der Waals surface area contributed by atoms with Gasteiger partial charge in [-0.05, 0) is 36.1 Å². The fourth-order valence-corrected chi connectivity index (χ4v) is 2.73. The van der Waals surface area contributed by atoms with E-state index in [1.54, 1.807) is 18.2 Å². The minimum atomic E-state index is -4.37. The summed E-state index contributed by atoms with van der Waals surface area (Å²) in [6.45, 7) is 0. The molecular formula is C19H18F3NO2. The Morgan fingerprint density at radius 1 is 1.04 bits per heavy atom. The maximum atomic E-state index is 12.8. The molecular weight excluding hydrogens is 331 g/mol. The summed E-state index contributed by atoms with van der Waals surface area (Å²) in [4.78, 5) is 0. The third kappa shape index (κ3) is 4.44. The minimum absolute atomic E-state index is 0.193. The van der Waals surface area contributed by atoms with E-state index in [2.05, 4.69) is 6.07 Å². The highest BCUT2D eigenvalue weighted by Gasteiger charge is 2.30. The molecule has 25 heavy (non-hydrogen) atoms. The summed E-state index contributed by atoms with van der Waals surface area (Å²) in [5.74, 6) is 1.05. The second-order valence-corrected chi connectivity index (χ2v) is 5.47. The first-order valence-electron chi connectivity index (χ1n) is 7.66. The highest BCUT2D eigenvalue weighted by atomic mass is 19.4. The van der Waals surface area contributed by atoms with Crippen LogP contribution in [0.25, 0.3) is 0 Å². The first kappa shape index (κ1) is 18.7. The normalized spacial score (nSPS) is 11.0. The predicted octanol–water partition coefficient (Wildman–Crippen LogP) is 4.57. The predicted molar refractivity (Wildman–Crippen MR) is 87.7 cm³/mol. The smallest absolute Gasteiger partial charge is 0.416 e. The van der Waals surface area contributed by atoms with Gasteiger partial charge in [0.1, 0.15) is 0 Å². The van der Waals surface area contributed by atoms with Crippen LogP contribution < -0.4 is 9.47 Å². The van der Waals surface area contributed by atoms with Crippen molar-refractivity contribution < 1.29 is 22.6 Å². The molecule has 0 N–H and O–H groups in total. The fraction of sp³-hybridized carbons (Fsp3) is 0.316. The summed E-state index contributed by atoms with van der Waals surface area (Å²) in [5, 5.41) is 9.00. The van der Waals surface area contributed by atoms with Gasteiger partial charge in [-0.3, -0.25) is 0 Å². The van der Waals surface area contributed by atoms with Crippen LogP contribution in [0.15, 0.2) is 36.4 Å². The van der Waals surface area contributed by atoms with Crippen molar-refractivity contribution in [1.29, 1.82) is 5.26 Å². The van der Waals surface area contributed by atoms with Crippen molar-refractivity contribution in [3.63, 3.8) is 0 Å². The first-order valence-corrected chi connectivity index (χ1v) is 7.66. The van der Waals surface area contributed by atoms with Gasteiger partial charge in [0.15, 0.2) is 11.5 Å². The van der Waals surface area contributed by atoms with E-state index in [1.807, 2.05) is 0 Å². The van der Waals surface area contributed by atoms with E-state index in [4.69, 9.17) is 14.7 Å². The van der Waals surface area contributed by atoms with E-state index in [0.29, 0.717) is 29.9 Å². The molecule has 0 aliphatic heterocycles. The van der Waals surface area contributed by atoms with Crippen LogP contribution in [0.2, 0.25) is 0 Å². The minimum Gasteiger partial charge on any atom is -0.493 e. The van der Waals surface area contributed by atoms with Gasteiger partial charge < -0.3 is 9.47 Å². The number of benzene rings is 2. The SMILES string of the molecule is COc1ccc(CC#N)c(CCc2cccc(C(F)(F)F)c2)c1OC. The first-order chi connectivity index (χ1) is 11.9. The number of alkyl halides is 3. The van der Waals surface area contributed by atoms with E-state index in [1.165, 1.54) is 20.3 Å². The third-order valence-corrected chi connectivity index (χ3v) is 3.93. The molecule has 0 spiro atoms. The Hall–Kier alpha value is -2.68. The van der Waals surface area contributed by atoms with Crippen LogP contribution in [0, 0.1) is 11.3 Å². The molecule has 0 saturated carbocycles. The number of rotatable bonds is 6. The van der Waals surface area contributed by atoms with Gasteiger partial charge in [-0.15, -0.1) is 0 Å². The summed E-state index contributed by atoms with van der Waals surface area (Å²) >= 11 is 0. The summed E-state index contributed by atoms with van der Waals surface area (Å²) < 4.78 is 49.2. The molecule has 132 valence electrons. The lowest BCUT2D eigenvalue weighted by Crippen LogP contribution is -2.06. The van der Waals surface area contributed by atoms with Crippen LogP contribution in [-0.2, 0) is 25.4 Å². The molecule has 0 aliphatic rings. The molecule has 0 heterocycles. The van der Waals surface area contributed by atoms with Gasteiger partial charge in [0.05, 0.1) is 32.3 Å². The number of hydrogen-bond acceptors (Lipinski definition) is 3. The zero-order valence-corrected chi connectivity index (χ0v) is 14.0. The van der Waals surface area contributed by atoms with Gasteiger partial charge in [0.25, 0.3) is 0 Å². The Bertz CT molecular complexity index is 779. The Balaban J connectivity index is 2.32. The molecule has 0 unspecified atom stereocenters. The molecule has 0 amide bonds. The highest BCUT2D eigenvalue weighted by molar-refractivity contribution is 5.52. The molecule has 0 aliphatic carbocycles. The molecule has 2 aromatic rings. The van der Waals surface area contributed by atoms with Gasteiger partial charge in [-0.1, -0.05) is 24.3 Å². The van der Waals surface area contributed by atoms with E-state index in [-0.39, 0.29) is 6.42 Å². The van der Waals surface area contributed by atoms with Crippen molar-refractivity contribution in [2.45, 2.75) is 25.4 Å². The number of aryl methyl sites for hydroxylation is 1. The van der Waals surface area contributed by atoms with Crippen LogP contribution >= 0.6 is 0 Å². The number of nitrogens with zero attached hydrogens (tertiary/aromatic N) is 1. The van der Waals surface area contributed by atoms with Crippen LogP contribution in [0.4, 0.5) is 13.2 Å². The number of methoxy groups -OCH3 is 2. The highest BCUT2D eigenvalue weighted by Crippen LogP contribution is 2.35. The maximum Gasteiger partial charge on any atom is 0.416 e. The van der Waals surface area contributed by atoms with Crippen LogP contribution in [0.5, 0.6) is 11.5 Å². The Morgan fingerprint density at radius 2 is 1.80 bits per heavy atom. The lowest BCUT2D eigenvalue weighted by Gasteiger charge is -2.16. The maximum absolute atomic E-state index is 12.8. The molecule has 0 fully saturated rings. The second-order valence-electron chi connectivity index (χ2n) is 5.47. The molecule has 0 bridgehead atoms. The Kier molecular flexibility index (Phi) is 5.92. The van der Waals surface area contributed by atoms with Crippen LogP contribution in [0.1, 0.15) is 22.3 Å². The summed E-state index contributed by atoms with van der Waals surface area (Å²) in [6, 6.07) is 10.9. The third-order valence-electron chi connectivity index (χ3n) is 3.93. The molecule has 2 aromatic carbocycles. The van der Waals surface area contributed by atoms with Gasteiger partial charge in [0.2, 0.25) is 0 Å². The standard InChI is InChI=1S/C19H18F3NO2/c1-24-17-9-7-14(10-11-23)16(18(17)25-2)8-6-13-4-3-5-15(12-13)19(20,21)22/h3-5,7,9,12H,6,8,10H2,1-2H3. The summed E-state index contributed by atoms with van der Waals surface area (Å²) in [5.41, 5.74) is 1.47. The summed E-state index contributed by atoms with van der Waals surface area (Å²) in [6.07, 6.45) is -3.33. The largest absolute Gasteiger partial charge is 0.493 e. The van der Waals surface area contributed by atoms with Crippen molar-refractivity contribution in [2.24, 2.45) is 0 Å². The van der Waals surface area contributed by atoms with Gasteiger partial charge >= 0.3 is 6.18 Å². The van der Waals surface area contributed by atoms with Crippen LogP contribution in [-0.4, -0.2) is 14.2 Å². The molecule has 6 heteroatoms. The molecule has 3 nitrogen and oxygen atoms in total. The van der Waals surface area contributed by atoms with Crippen LogP contribution in [0.3, 0.4) is 0 Å².